The van der Waals surface area contributed by atoms with Gasteiger partial charge in [0.2, 0.25) is 11.8 Å². The average Bonchev–Trinajstić information content (AvgIpc) is 2.94. The molecule has 180 valence electrons. The Morgan fingerprint density at radius 2 is 1.88 bits per heavy atom. The summed E-state index contributed by atoms with van der Waals surface area (Å²) < 4.78 is 16.9. The molecule has 0 spiro atoms. The van der Waals surface area contributed by atoms with Crippen molar-refractivity contribution in [1.82, 2.24) is 0 Å². The molecule has 2 heterocycles. The number of anilines is 2. The number of fused-ring (bicyclic) bond motifs is 1. The van der Waals surface area contributed by atoms with Crippen LogP contribution in [0.15, 0.2) is 55.1 Å². The molecule has 7 nitrogen and oxygen atoms in total. The molecule has 4 rings (SSSR count). The lowest BCUT2D eigenvalue weighted by molar-refractivity contribution is -0.127. The highest BCUT2D eigenvalue weighted by Gasteiger charge is 2.42. The van der Waals surface area contributed by atoms with Crippen LogP contribution in [0.25, 0.3) is 0 Å². The lowest BCUT2D eigenvalue weighted by Gasteiger charge is -2.36. The van der Waals surface area contributed by atoms with E-state index >= 15 is 0 Å². The van der Waals surface area contributed by atoms with Crippen LogP contribution in [-0.2, 0) is 19.7 Å². The molecule has 2 aliphatic rings. The summed E-state index contributed by atoms with van der Waals surface area (Å²) in [4.78, 5) is 28.4. The van der Waals surface area contributed by atoms with Gasteiger partial charge >= 0.3 is 0 Å². The zero-order chi connectivity index (χ0) is 24.3. The number of ether oxygens (including phenoxy) is 3. The second-order valence-corrected chi connectivity index (χ2v) is 9.44. The molecule has 0 atom stereocenters. The number of hydrogen-bond donors (Lipinski definition) is 1. The molecular formula is C27H32N2O5. The second kappa shape index (κ2) is 9.50. The molecule has 2 amide bonds. The van der Waals surface area contributed by atoms with Crippen molar-refractivity contribution in [3.05, 3.63) is 60.7 Å². The van der Waals surface area contributed by atoms with E-state index in [4.69, 9.17) is 14.2 Å². The maximum atomic E-state index is 13.7. The Labute approximate surface area is 200 Å². The third kappa shape index (κ3) is 4.40. The largest absolute Gasteiger partial charge is 0.497 e. The number of hydrogen-bond acceptors (Lipinski definition) is 5. The Balaban J connectivity index is 1.64. The first kappa shape index (κ1) is 23.8. The van der Waals surface area contributed by atoms with Gasteiger partial charge in [0, 0.05) is 31.5 Å². The minimum absolute atomic E-state index is 0.0244. The Hall–Kier alpha value is -3.32. The molecule has 2 aromatic carbocycles. The fraction of sp³-hybridized carbons (Fsp3) is 0.407. The average molecular weight is 465 g/mol. The minimum atomic E-state index is -0.703. The van der Waals surface area contributed by atoms with E-state index in [1.54, 1.807) is 24.2 Å². The Kier molecular flexibility index (Phi) is 6.66. The third-order valence-corrected chi connectivity index (χ3v) is 6.66. The SMILES string of the molecule is C=CCN1C(=O)C(C)(C)COc2cc(NC(=O)C3(c4ccc(OC)cc4)CCOCC3)ccc21. The monoisotopic (exact) mass is 464 g/mol. The van der Waals surface area contributed by atoms with Crippen LogP contribution in [-0.4, -0.2) is 45.3 Å². The molecule has 1 N–H and O–H groups in total. The molecule has 1 saturated heterocycles. The van der Waals surface area contributed by atoms with Crippen LogP contribution in [0.5, 0.6) is 11.5 Å². The highest BCUT2D eigenvalue weighted by molar-refractivity contribution is 6.02. The van der Waals surface area contributed by atoms with E-state index in [0.717, 1.165) is 11.3 Å². The van der Waals surface area contributed by atoms with Gasteiger partial charge in [-0.15, -0.1) is 6.58 Å². The van der Waals surface area contributed by atoms with Gasteiger partial charge in [-0.05, 0) is 56.5 Å². The summed E-state index contributed by atoms with van der Waals surface area (Å²) in [5.74, 6) is 1.19. The number of nitrogens with zero attached hydrogens (tertiary/aromatic N) is 1. The van der Waals surface area contributed by atoms with Crippen molar-refractivity contribution in [2.45, 2.75) is 32.1 Å². The van der Waals surface area contributed by atoms with E-state index in [-0.39, 0.29) is 18.4 Å². The molecule has 0 saturated carbocycles. The number of carbonyl (C=O) groups excluding carboxylic acids is 2. The first-order valence-electron chi connectivity index (χ1n) is 11.5. The van der Waals surface area contributed by atoms with Gasteiger partial charge in [0.1, 0.15) is 18.1 Å². The minimum Gasteiger partial charge on any atom is -0.497 e. The van der Waals surface area contributed by atoms with Crippen LogP contribution < -0.4 is 19.7 Å². The number of carbonyl (C=O) groups is 2. The number of benzene rings is 2. The quantitative estimate of drug-likeness (QED) is 0.645. The molecule has 0 aromatic heterocycles. The standard InChI is InChI=1S/C27H32N2O5/c1-5-14-29-22-11-8-20(17-23(22)34-18-26(2,3)25(29)31)28-24(30)27(12-15-33-16-13-27)19-6-9-21(32-4)10-7-19/h5-11,17H,1,12-16,18H2,2-4H3,(H,28,30). The third-order valence-electron chi connectivity index (χ3n) is 6.66. The maximum absolute atomic E-state index is 13.7. The maximum Gasteiger partial charge on any atom is 0.236 e. The van der Waals surface area contributed by atoms with E-state index in [2.05, 4.69) is 11.9 Å². The second-order valence-electron chi connectivity index (χ2n) is 9.44. The van der Waals surface area contributed by atoms with E-state index in [1.807, 2.05) is 50.2 Å². The number of amides is 2. The normalized spacial score (nSPS) is 18.8. The van der Waals surface area contributed by atoms with Crippen LogP contribution in [0.3, 0.4) is 0 Å². The van der Waals surface area contributed by atoms with Crippen LogP contribution in [0, 0.1) is 5.41 Å². The van der Waals surface area contributed by atoms with Crippen molar-refractivity contribution >= 4 is 23.2 Å². The highest BCUT2D eigenvalue weighted by Crippen LogP contribution is 2.40. The summed E-state index contributed by atoms with van der Waals surface area (Å²) in [7, 11) is 1.62. The Morgan fingerprint density at radius 1 is 1.18 bits per heavy atom. The van der Waals surface area contributed by atoms with Gasteiger partial charge < -0.3 is 24.4 Å². The van der Waals surface area contributed by atoms with Crippen molar-refractivity contribution in [3.8, 4) is 11.5 Å². The molecule has 2 aromatic rings. The van der Waals surface area contributed by atoms with Gasteiger partial charge in [-0.1, -0.05) is 18.2 Å². The van der Waals surface area contributed by atoms with Crippen LogP contribution in [0.1, 0.15) is 32.3 Å². The molecule has 1 fully saturated rings. The molecule has 0 bridgehead atoms. The topological polar surface area (TPSA) is 77.1 Å². The predicted octanol–water partition coefficient (Wildman–Crippen LogP) is 4.32. The van der Waals surface area contributed by atoms with Crippen molar-refractivity contribution in [2.75, 3.05) is 43.7 Å². The van der Waals surface area contributed by atoms with E-state index in [1.165, 1.54) is 0 Å². The van der Waals surface area contributed by atoms with Crippen LogP contribution in [0.2, 0.25) is 0 Å². The van der Waals surface area contributed by atoms with Gasteiger partial charge in [-0.3, -0.25) is 9.59 Å². The molecule has 0 radical (unpaired) electrons. The molecular weight excluding hydrogens is 432 g/mol. The van der Waals surface area contributed by atoms with Gasteiger partial charge in [0.05, 0.1) is 23.6 Å². The summed E-state index contributed by atoms with van der Waals surface area (Å²) in [6, 6.07) is 13.1. The molecule has 2 aliphatic heterocycles. The molecule has 7 heteroatoms. The summed E-state index contributed by atoms with van der Waals surface area (Å²) >= 11 is 0. The molecule has 34 heavy (non-hydrogen) atoms. The molecule has 0 aliphatic carbocycles. The number of methoxy groups -OCH3 is 1. The van der Waals surface area contributed by atoms with Crippen molar-refractivity contribution < 1.29 is 23.8 Å². The van der Waals surface area contributed by atoms with Crippen molar-refractivity contribution in [1.29, 1.82) is 0 Å². The first-order chi connectivity index (χ1) is 16.3. The van der Waals surface area contributed by atoms with Crippen LogP contribution in [0.4, 0.5) is 11.4 Å². The van der Waals surface area contributed by atoms with Crippen molar-refractivity contribution in [3.63, 3.8) is 0 Å². The summed E-state index contributed by atoms with van der Waals surface area (Å²) in [5.41, 5.74) is 0.847. The smallest absolute Gasteiger partial charge is 0.236 e. The summed E-state index contributed by atoms with van der Waals surface area (Å²) in [6.45, 7) is 9.17. The van der Waals surface area contributed by atoms with E-state index in [0.29, 0.717) is 49.7 Å². The lowest BCUT2D eigenvalue weighted by Crippen LogP contribution is -2.44. The fourth-order valence-electron chi connectivity index (χ4n) is 4.56. The van der Waals surface area contributed by atoms with Crippen LogP contribution >= 0.6 is 0 Å². The Bertz CT molecular complexity index is 1070. The molecule has 0 unspecified atom stereocenters. The Morgan fingerprint density at radius 3 is 2.53 bits per heavy atom. The van der Waals surface area contributed by atoms with Gasteiger partial charge in [-0.2, -0.15) is 0 Å². The zero-order valence-corrected chi connectivity index (χ0v) is 20.1. The van der Waals surface area contributed by atoms with Gasteiger partial charge in [0.15, 0.2) is 0 Å². The van der Waals surface area contributed by atoms with Gasteiger partial charge in [-0.25, -0.2) is 0 Å². The zero-order valence-electron chi connectivity index (χ0n) is 20.1. The summed E-state index contributed by atoms with van der Waals surface area (Å²) in [6.07, 6.45) is 2.87. The van der Waals surface area contributed by atoms with Crippen molar-refractivity contribution in [2.24, 2.45) is 5.41 Å². The lowest BCUT2D eigenvalue weighted by atomic mass is 9.73. The number of rotatable bonds is 6. The fourth-order valence-corrected chi connectivity index (χ4v) is 4.56. The number of nitrogens with one attached hydrogen (secondary N) is 1. The van der Waals surface area contributed by atoms with E-state index in [9.17, 15) is 9.59 Å². The van der Waals surface area contributed by atoms with Gasteiger partial charge in [0.25, 0.3) is 0 Å². The highest BCUT2D eigenvalue weighted by atomic mass is 16.5. The first-order valence-corrected chi connectivity index (χ1v) is 11.5. The summed E-state index contributed by atoms with van der Waals surface area (Å²) in [5, 5.41) is 3.10. The van der Waals surface area contributed by atoms with E-state index < -0.39 is 10.8 Å². The predicted molar refractivity (Wildman–Crippen MR) is 132 cm³/mol.